The van der Waals surface area contributed by atoms with Crippen molar-refractivity contribution in [1.82, 2.24) is 0 Å². The molecule has 0 spiro atoms. The Hall–Kier alpha value is -1.36. The number of halogens is 1. The second-order valence-electron chi connectivity index (χ2n) is 5.78. The average molecular weight is 270 g/mol. The second-order valence-corrected chi connectivity index (χ2v) is 10.5. The first-order chi connectivity index (χ1) is 8.06. The third-order valence-electron chi connectivity index (χ3n) is 3.36. The minimum atomic E-state index is -2.18. The summed E-state index contributed by atoms with van der Waals surface area (Å²) < 4.78 is 19.4. The largest absolute Gasteiger partial charge is 0.543 e. The van der Waals surface area contributed by atoms with Crippen LogP contribution in [-0.2, 0) is 0 Å². The van der Waals surface area contributed by atoms with Crippen LogP contribution in [-0.4, -0.2) is 19.4 Å². The highest BCUT2D eigenvalue weighted by molar-refractivity contribution is 6.74. The van der Waals surface area contributed by atoms with Gasteiger partial charge in [-0.3, -0.25) is 0 Å². The molecule has 100 valence electrons. The van der Waals surface area contributed by atoms with Crippen LogP contribution in [0, 0.1) is 5.82 Å². The van der Waals surface area contributed by atoms with Crippen LogP contribution >= 0.6 is 0 Å². The molecule has 0 aliphatic rings. The van der Waals surface area contributed by atoms with Gasteiger partial charge in [-0.05, 0) is 30.3 Å². The number of carboxylic acid groups (broad SMARTS) is 1. The van der Waals surface area contributed by atoms with Crippen molar-refractivity contribution in [3.05, 3.63) is 29.6 Å². The van der Waals surface area contributed by atoms with Gasteiger partial charge in [-0.15, -0.1) is 0 Å². The second kappa shape index (κ2) is 4.72. The van der Waals surface area contributed by atoms with Gasteiger partial charge in [-0.25, -0.2) is 9.18 Å². The summed E-state index contributed by atoms with van der Waals surface area (Å²) in [7, 11) is -2.18. The van der Waals surface area contributed by atoms with Crippen LogP contribution in [0.4, 0.5) is 4.39 Å². The first-order valence-electron chi connectivity index (χ1n) is 5.77. The lowest BCUT2D eigenvalue weighted by Gasteiger charge is -2.36. The SMILES string of the molecule is CC(C)(C)[Si](C)(C)Oc1cccc(F)c1C(=O)O. The molecule has 0 bridgehead atoms. The Kier molecular flexibility index (Phi) is 3.86. The number of benzene rings is 1. The maximum absolute atomic E-state index is 13.5. The van der Waals surface area contributed by atoms with E-state index in [0.717, 1.165) is 6.07 Å². The van der Waals surface area contributed by atoms with Crippen LogP contribution in [0.1, 0.15) is 31.1 Å². The molecule has 0 unspecified atom stereocenters. The van der Waals surface area contributed by atoms with Gasteiger partial charge in [-0.2, -0.15) is 0 Å². The van der Waals surface area contributed by atoms with Crippen molar-refractivity contribution in [1.29, 1.82) is 0 Å². The third-order valence-corrected chi connectivity index (χ3v) is 7.70. The van der Waals surface area contributed by atoms with E-state index in [0.29, 0.717) is 0 Å². The highest BCUT2D eigenvalue weighted by Crippen LogP contribution is 2.38. The first-order valence-corrected chi connectivity index (χ1v) is 8.68. The molecular weight excluding hydrogens is 251 g/mol. The zero-order valence-corrected chi connectivity index (χ0v) is 12.4. The molecule has 18 heavy (non-hydrogen) atoms. The van der Waals surface area contributed by atoms with Crippen LogP contribution in [0.3, 0.4) is 0 Å². The molecule has 0 radical (unpaired) electrons. The fourth-order valence-corrected chi connectivity index (χ4v) is 2.25. The quantitative estimate of drug-likeness (QED) is 0.847. The van der Waals surface area contributed by atoms with Crippen LogP contribution in [0.5, 0.6) is 5.75 Å². The number of rotatable bonds is 3. The van der Waals surface area contributed by atoms with Gasteiger partial charge in [0.25, 0.3) is 8.32 Å². The lowest BCUT2D eigenvalue weighted by molar-refractivity contribution is 0.0689. The summed E-state index contributed by atoms with van der Waals surface area (Å²) in [5.74, 6) is -1.95. The Morgan fingerprint density at radius 1 is 1.33 bits per heavy atom. The van der Waals surface area contributed by atoms with Gasteiger partial charge in [-0.1, -0.05) is 26.8 Å². The van der Waals surface area contributed by atoms with Crippen molar-refractivity contribution in [2.75, 3.05) is 0 Å². The first kappa shape index (κ1) is 14.7. The van der Waals surface area contributed by atoms with Crippen LogP contribution in [0.15, 0.2) is 18.2 Å². The number of hydrogen-bond donors (Lipinski definition) is 1. The Morgan fingerprint density at radius 2 is 1.89 bits per heavy atom. The van der Waals surface area contributed by atoms with E-state index in [1.807, 2.05) is 33.9 Å². The molecular formula is C13H19FO3Si. The molecule has 0 atom stereocenters. The van der Waals surface area contributed by atoms with E-state index in [1.165, 1.54) is 12.1 Å². The summed E-state index contributed by atoms with van der Waals surface area (Å²) in [5.41, 5.74) is -0.387. The third kappa shape index (κ3) is 2.90. The van der Waals surface area contributed by atoms with Crippen molar-refractivity contribution < 1.29 is 18.7 Å². The Bertz CT molecular complexity index is 464. The van der Waals surface area contributed by atoms with E-state index in [2.05, 4.69) is 0 Å². The molecule has 5 heteroatoms. The van der Waals surface area contributed by atoms with Gasteiger partial charge in [0, 0.05) is 0 Å². The number of carbonyl (C=O) groups is 1. The molecule has 0 aromatic heterocycles. The molecule has 0 heterocycles. The van der Waals surface area contributed by atoms with Crippen molar-refractivity contribution in [2.45, 2.75) is 38.9 Å². The predicted octanol–water partition coefficient (Wildman–Crippen LogP) is 3.91. The number of hydrogen-bond acceptors (Lipinski definition) is 2. The Balaban J connectivity index is 3.21. The molecule has 3 nitrogen and oxygen atoms in total. The number of carboxylic acids is 1. The van der Waals surface area contributed by atoms with Crippen LogP contribution < -0.4 is 4.43 Å². The molecule has 1 N–H and O–H groups in total. The summed E-state index contributed by atoms with van der Waals surface area (Å²) in [6.45, 7) is 10.1. The summed E-state index contributed by atoms with van der Waals surface area (Å²) in [5, 5.41) is 8.97. The van der Waals surface area contributed by atoms with Crippen molar-refractivity contribution in [3.63, 3.8) is 0 Å². The van der Waals surface area contributed by atoms with E-state index in [-0.39, 0.29) is 16.4 Å². The van der Waals surface area contributed by atoms with E-state index in [4.69, 9.17) is 9.53 Å². The highest BCUT2D eigenvalue weighted by Gasteiger charge is 2.39. The molecule has 0 fully saturated rings. The molecule has 0 aliphatic carbocycles. The summed E-state index contributed by atoms with van der Waals surface area (Å²) in [4.78, 5) is 11.1. The standard InChI is InChI=1S/C13H19FO3Si/c1-13(2,3)18(4,5)17-10-8-6-7-9(14)11(10)12(15)16/h6-8H,1-5H3,(H,15,16). The van der Waals surface area contributed by atoms with E-state index in [9.17, 15) is 9.18 Å². The van der Waals surface area contributed by atoms with Gasteiger partial charge in [0.05, 0.1) is 0 Å². The molecule has 1 aromatic carbocycles. The van der Waals surface area contributed by atoms with Crippen molar-refractivity contribution in [3.8, 4) is 5.75 Å². The summed E-state index contributed by atoms with van der Waals surface area (Å²) >= 11 is 0. The van der Waals surface area contributed by atoms with Gasteiger partial charge >= 0.3 is 5.97 Å². The summed E-state index contributed by atoms with van der Waals surface area (Å²) in [6, 6.07) is 4.10. The molecule has 1 aromatic rings. The van der Waals surface area contributed by atoms with Gasteiger partial charge in [0.15, 0.2) is 0 Å². The Morgan fingerprint density at radius 3 is 2.33 bits per heavy atom. The predicted molar refractivity (Wildman–Crippen MR) is 71.2 cm³/mol. The minimum absolute atomic E-state index is 0.0743. The maximum atomic E-state index is 13.5. The molecule has 0 aliphatic heterocycles. The average Bonchev–Trinajstić information content (AvgIpc) is 2.14. The fourth-order valence-electron chi connectivity index (χ4n) is 1.22. The maximum Gasteiger partial charge on any atom is 0.342 e. The van der Waals surface area contributed by atoms with Gasteiger partial charge < -0.3 is 9.53 Å². The van der Waals surface area contributed by atoms with Gasteiger partial charge in [0.1, 0.15) is 17.1 Å². The van der Waals surface area contributed by atoms with Crippen molar-refractivity contribution >= 4 is 14.3 Å². The number of aromatic carboxylic acids is 1. The molecule has 1 rings (SSSR count). The lowest BCUT2D eigenvalue weighted by atomic mass is 10.2. The van der Waals surface area contributed by atoms with Crippen LogP contribution in [0.25, 0.3) is 0 Å². The minimum Gasteiger partial charge on any atom is -0.543 e. The molecule has 0 amide bonds. The van der Waals surface area contributed by atoms with Gasteiger partial charge in [0.2, 0.25) is 0 Å². The van der Waals surface area contributed by atoms with Crippen molar-refractivity contribution in [2.24, 2.45) is 0 Å². The normalized spacial score (nSPS) is 12.3. The van der Waals surface area contributed by atoms with E-state index in [1.54, 1.807) is 0 Å². The fraction of sp³-hybridized carbons (Fsp3) is 0.462. The molecule has 0 saturated heterocycles. The zero-order chi connectivity index (χ0) is 14.1. The van der Waals surface area contributed by atoms with E-state index >= 15 is 0 Å². The molecule has 0 saturated carbocycles. The monoisotopic (exact) mass is 270 g/mol. The zero-order valence-electron chi connectivity index (χ0n) is 11.4. The van der Waals surface area contributed by atoms with E-state index < -0.39 is 20.1 Å². The lowest BCUT2D eigenvalue weighted by Crippen LogP contribution is -2.44. The Labute approximate surface area is 108 Å². The van der Waals surface area contributed by atoms with Crippen LogP contribution in [0.2, 0.25) is 18.1 Å². The topological polar surface area (TPSA) is 46.5 Å². The summed E-state index contributed by atoms with van der Waals surface area (Å²) in [6.07, 6.45) is 0. The smallest absolute Gasteiger partial charge is 0.342 e. The highest BCUT2D eigenvalue weighted by atomic mass is 28.4.